The molecule has 0 radical (unpaired) electrons. The zero-order valence-corrected chi connectivity index (χ0v) is 18.6. The lowest BCUT2D eigenvalue weighted by Gasteiger charge is -2.15. The predicted molar refractivity (Wildman–Crippen MR) is 115 cm³/mol. The van der Waals surface area contributed by atoms with Crippen LogP contribution >= 0.6 is 15.9 Å². The second kappa shape index (κ2) is 9.73. The van der Waals surface area contributed by atoms with E-state index in [4.69, 9.17) is 4.74 Å². The number of carbonyl (C=O) groups excluding carboxylic acids is 1. The summed E-state index contributed by atoms with van der Waals surface area (Å²) in [5.74, 6) is 0.191. The molecule has 0 saturated heterocycles. The van der Waals surface area contributed by atoms with Crippen molar-refractivity contribution in [3.05, 3.63) is 58.6 Å². The van der Waals surface area contributed by atoms with Gasteiger partial charge in [-0.05, 0) is 61.7 Å². The number of carbonyl (C=O) groups is 1. The van der Waals surface area contributed by atoms with Crippen LogP contribution < -0.4 is 14.8 Å². The zero-order chi connectivity index (χ0) is 20.9. The van der Waals surface area contributed by atoms with Crippen LogP contribution in [0.1, 0.15) is 44.2 Å². The molecule has 0 bridgehead atoms. The van der Waals surface area contributed by atoms with Gasteiger partial charge in [0, 0.05) is 10.5 Å². The van der Waals surface area contributed by atoms with Gasteiger partial charge in [-0.2, -0.15) is 0 Å². The molecule has 1 fully saturated rings. The highest BCUT2D eigenvalue weighted by Crippen LogP contribution is 2.22. The smallest absolute Gasteiger partial charge is 0.258 e. The van der Waals surface area contributed by atoms with Crippen molar-refractivity contribution in [3.63, 3.8) is 0 Å². The summed E-state index contributed by atoms with van der Waals surface area (Å²) in [6, 6.07) is 13.7. The van der Waals surface area contributed by atoms with Crippen LogP contribution in [0.4, 0.5) is 0 Å². The monoisotopic (exact) mass is 480 g/mol. The van der Waals surface area contributed by atoms with Crippen molar-refractivity contribution < 1.29 is 17.9 Å². The maximum atomic E-state index is 12.4. The van der Waals surface area contributed by atoms with Gasteiger partial charge >= 0.3 is 0 Å². The Bertz CT molecular complexity index is 924. The van der Waals surface area contributed by atoms with E-state index in [0.29, 0.717) is 5.75 Å². The number of hydrogen-bond acceptors (Lipinski definition) is 4. The number of amides is 1. The average molecular weight is 481 g/mol. The van der Waals surface area contributed by atoms with Crippen LogP contribution in [0.3, 0.4) is 0 Å². The number of sulfonamides is 1. The molecule has 0 unspecified atom stereocenters. The molecule has 1 aliphatic rings. The molecule has 3 rings (SSSR count). The van der Waals surface area contributed by atoms with Gasteiger partial charge in [-0.1, -0.05) is 40.9 Å². The number of rotatable bonds is 8. The molecule has 0 aliphatic heterocycles. The Morgan fingerprint density at radius 1 is 1.10 bits per heavy atom. The minimum absolute atomic E-state index is 0.0207. The third-order valence-electron chi connectivity index (χ3n) is 4.93. The van der Waals surface area contributed by atoms with Gasteiger partial charge in [0.25, 0.3) is 5.91 Å². The van der Waals surface area contributed by atoms with E-state index < -0.39 is 10.0 Å². The van der Waals surface area contributed by atoms with Crippen molar-refractivity contribution in [1.29, 1.82) is 0 Å². The maximum absolute atomic E-state index is 12.4. The van der Waals surface area contributed by atoms with Crippen LogP contribution in [0, 0.1) is 0 Å². The Hall–Kier alpha value is -1.90. The van der Waals surface area contributed by atoms with Crippen molar-refractivity contribution >= 4 is 31.9 Å². The first-order valence-electron chi connectivity index (χ1n) is 9.63. The molecule has 0 spiro atoms. The van der Waals surface area contributed by atoms with Crippen LogP contribution in [-0.2, 0) is 14.8 Å². The second-order valence-corrected chi connectivity index (χ2v) is 9.83. The van der Waals surface area contributed by atoms with E-state index in [1.807, 2.05) is 31.2 Å². The molecule has 1 saturated carbocycles. The highest BCUT2D eigenvalue weighted by atomic mass is 79.9. The fourth-order valence-corrected chi connectivity index (χ4v) is 4.88. The van der Waals surface area contributed by atoms with E-state index in [2.05, 4.69) is 26.0 Å². The van der Waals surface area contributed by atoms with Gasteiger partial charge in [0.2, 0.25) is 10.0 Å². The molecular weight excluding hydrogens is 456 g/mol. The lowest BCUT2D eigenvalue weighted by molar-refractivity contribution is -0.123. The molecular formula is C21H25BrN2O4S. The van der Waals surface area contributed by atoms with E-state index in [1.54, 1.807) is 12.1 Å². The average Bonchev–Trinajstić information content (AvgIpc) is 3.19. The zero-order valence-electron chi connectivity index (χ0n) is 16.2. The summed E-state index contributed by atoms with van der Waals surface area (Å²) < 4.78 is 34.1. The predicted octanol–water partition coefficient (Wildman–Crippen LogP) is 3.93. The summed E-state index contributed by atoms with van der Waals surface area (Å²) in [4.78, 5) is 12.3. The third-order valence-corrected chi connectivity index (χ3v) is 6.99. The van der Waals surface area contributed by atoms with Crippen LogP contribution in [0.5, 0.6) is 5.75 Å². The van der Waals surface area contributed by atoms with Gasteiger partial charge in [0.05, 0.1) is 10.9 Å². The van der Waals surface area contributed by atoms with Crippen molar-refractivity contribution in [1.82, 2.24) is 10.0 Å². The topological polar surface area (TPSA) is 84.5 Å². The van der Waals surface area contributed by atoms with Crippen molar-refractivity contribution in [2.75, 3.05) is 6.61 Å². The molecule has 8 heteroatoms. The van der Waals surface area contributed by atoms with Crippen molar-refractivity contribution in [2.24, 2.45) is 0 Å². The first kappa shape index (κ1) is 21.8. The van der Waals surface area contributed by atoms with Gasteiger partial charge in [-0.15, -0.1) is 0 Å². The number of ether oxygens (including phenoxy) is 1. The Labute approximate surface area is 180 Å². The summed E-state index contributed by atoms with van der Waals surface area (Å²) in [5, 5.41) is 2.88. The molecule has 0 aromatic heterocycles. The van der Waals surface area contributed by atoms with E-state index in [-0.39, 0.29) is 29.5 Å². The van der Waals surface area contributed by atoms with Crippen LogP contribution in [0.15, 0.2) is 57.9 Å². The third kappa shape index (κ3) is 6.29. The molecule has 2 N–H and O–H groups in total. The summed E-state index contributed by atoms with van der Waals surface area (Å²) in [6.07, 6.45) is 3.88. The van der Waals surface area contributed by atoms with E-state index in [1.165, 1.54) is 12.1 Å². The van der Waals surface area contributed by atoms with Crippen molar-refractivity contribution in [2.45, 2.75) is 49.6 Å². The van der Waals surface area contributed by atoms with Gasteiger partial charge in [0.15, 0.2) is 6.61 Å². The second-order valence-electron chi connectivity index (χ2n) is 7.20. The van der Waals surface area contributed by atoms with Gasteiger partial charge in [-0.3, -0.25) is 4.79 Å². The Balaban J connectivity index is 1.50. The lowest BCUT2D eigenvalue weighted by Crippen LogP contribution is -2.32. The van der Waals surface area contributed by atoms with E-state index in [0.717, 1.165) is 35.7 Å². The highest BCUT2D eigenvalue weighted by molar-refractivity contribution is 9.10. The molecule has 1 aliphatic carbocycles. The minimum Gasteiger partial charge on any atom is -0.484 e. The molecule has 29 heavy (non-hydrogen) atoms. The molecule has 1 atom stereocenters. The Morgan fingerprint density at radius 3 is 2.34 bits per heavy atom. The summed E-state index contributed by atoms with van der Waals surface area (Å²) >= 11 is 3.39. The van der Waals surface area contributed by atoms with Gasteiger partial charge in [-0.25, -0.2) is 13.1 Å². The number of benzene rings is 2. The molecule has 156 valence electrons. The highest BCUT2D eigenvalue weighted by Gasteiger charge is 2.22. The normalized spacial score (nSPS) is 15.8. The van der Waals surface area contributed by atoms with Gasteiger partial charge < -0.3 is 10.1 Å². The number of hydrogen-bond donors (Lipinski definition) is 2. The molecule has 6 nitrogen and oxygen atoms in total. The fraction of sp³-hybridized carbons (Fsp3) is 0.381. The van der Waals surface area contributed by atoms with E-state index >= 15 is 0 Å². The summed E-state index contributed by atoms with van der Waals surface area (Å²) in [6.45, 7) is 1.76. The summed E-state index contributed by atoms with van der Waals surface area (Å²) in [7, 11) is -3.53. The SMILES string of the molecule is C[C@H](NC(=O)COc1ccc(S(=O)(=O)NC2CCCC2)cc1)c1ccc(Br)cc1. The number of halogens is 1. The van der Waals surface area contributed by atoms with Crippen LogP contribution in [-0.4, -0.2) is 27.0 Å². The number of nitrogens with one attached hydrogen (secondary N) is 2. The molecule has 0 heterocycles. The maximum Gasteiger partial charge on any atom is 0.258 e. The van der Waals surface area contributed by atoms with E-state index in [9.17, 15) is 13.2 Å². The fourth-order valence-electron chi connectivity index (χ4n) is 3.31. The Kier molecular flexibility index (Phi) is 7.32. The largest absolute Gasteiger partial charge is 0.484 e. The quantitative estimate of drug-likeness (QED) is 0.599. The minimum atomic E-state index is -3.53. The first-order valence-corrected chi connectivity index (χ1v) is 11.9. The summed E-state index contributed by atoms with van der Waals surface area (Å²) in [5.41, 5.74) is 0.992. The first-order chi connectivity index (χ1) is 13.8. The van der Waals surface area contributed by atoms with Crippen molar-refractivity contribution in [3.8, 4) is 5.75 Å². The lowest BCUT2D eigenvalue weighted by atomic mass is 10.1. The Morgan fingerprint density at radius 2 is 1.72 bits per heavy atom. The molecule has 1 amide bonds. The van der Waals surface area contributed by atoms with Gasteiger partial charge in [0.1, 0.15) is 5.75 Å². The van der Waals surface area contributed by atoms with Crippen LogP contribution in [0.25, 0.3) is 0 Å². The molecule has 2 aromatic carbocycles. The standard InChI is InChI=1S/C21H25BrN2O4S/c1-15(16-6-8-17(22)9-7-16)23-21(25)14-28-19-10-12-20(13-11-19)29(26,27)24-18-4-2-3-5-18/h6-13,15,18,24H,2-5,14H2,1H3,(H,23,25)/t15-/m0/s1. The van der Waals surface area contributed by atoms with Crippen LogP contribution in [0.2, 0.25) is 0 Å². The molecule has 2 aromatic rings.